The van der Waals surface area contributed by atoms with Crippen LogP contribution in [0.4, 0.5) is 0 Å². The van der Waals surface area contributed by atoms with Gasteiger partial charge in [-0.2, -0.15) is 0 Å². The van der Waals surface area contributed by atoms with Gasteiger partial charge in [-0.3, -0.25) is 4.99 Å². The highest BCUT2D eigenvalue weighted by atomic mass is 79.9. The standard InChI is InChI=1S/C14H20BrN/c1-5-6-7-12(2)8-9-13(3)10-16-11-14(4)15/h5-7,10-11H,3,8-9H2,1-2,4H3/b6-5-,12-7+,14-11+,16-10-. The summed E-state index contributed by atoms with van der Waals surface area (Å²) in [5.74, 6) is 0. The van der Waals surface area contributed by atoms with E-state index in [1.165, 1.54) is 5.57 Å². The summed E-state index contributed by atoms with van der Waals surface area (Å²) >= 11 is 3.32. The Morgan fingerprint density at radius 1 is 1.31 bits per heavy atom. The maximum atomic E-state index is 4.14. The van der Waals surface area contributed by atoms with Gasteiger partial charge in [-0.05, 0) is 39.2 Å². The number of aliphatic imine (C=N–C) groups is 1. The van der Waals surface area contributed by atoms with Gasteiger partial charge in [-0.15, -0.1) is 0 Å². The lowest BCUT2D eigenvalue weighted by molar-refractivity contribution is 0.961. The Kier molecular flexibility index (Phi) is 8.82. The van der Waals surface area contributed by atoms with Crippen molar-refractivity contribution < 1.29 is 0 Å². The van der Waals surface area contributed by atoms with E-state index in [-0.39, 0.29) is 0 Å². The molecule has 0 rings (SSSR count). The number of halogens is 1. The topological polar surface area (TPSA) is 12.4 Å². The van der Waals surface area contributed by atoms with Crippen molar-refractivity contribution in [2.75, 3.05) is 0 Å². The van der Waals surface area contributed by atoms with Crippen LogP contribution in [0, 0.1) is 0 Å². The van der Waals surface area contributed by atoms with Crippen molar-refractivity contribution >= 4 is 22.1 Å². The number of hydrogen-bond acceptors (Lipinski definition) is 1. The third kappa shape index (κ3) is 9.66. The van der Waals surface area contributed by atoms with E-state index in [1.54, 1.807) is 6.20 Å². The molecule has 0 aromatic heterocycles. The summed E-state index contributed by atoms with van der Waals surface area (Å²) in [4.78, 5) is 4.14. The van der Waals surface area contributed by atoms with E-state index in [9.17, 15) is 0 Å². The van der Waals surface area contributed by atoms with Crippen LogP contribution in [0.2, 0.25) is 0 Å². The van der Waals surface area contributed by atoms with E-state index in [2.05, 4.69) is 46.6 Å². The average Bonchev–Trinajstić information content (AvgIpc) is 2.23. The van der Waals surface area contributed by atoms with E-state index in [0.29, 0.717) is 0 Å². The number of nitrogens with zero attached hydrogens (tertiary/aromatic N) is 1. The minimum absolute atomic E-state index is 0.957. The largest absolute Gasteiger partial charge is 0.264 e. The van der Waals surface area contributed by atoms with E-state index < -0.39 is 0 Å². The van der Waals surface area contributed by atoms with Gasteiger partial charge in [0.1, 0.15) is 0 Å². The maximum absolute atomic E-state index is 4.14. The van der Waals surface area contributed by atoms with Crippen molar-refractivity contribution in [3.8, 4) is 0 Å². The zero-order valence-electron chi connectivity index (χ0n) is 10.3. The Morgan fingerprint density at radius 2 is 2.00 bits per heavy atom. The summed E-state index contributed by atoms with van der Waals surface area (Å²) in [6, 6.07) is 0. The summed E-state index contributed by atoms with van der Waals surface area (Å²) < 4.78 is 1.01. The van der Waals surface area contributed by atoms with Crippen molar-refractivity contribution in [3.63, 3.8) is 0 Å². The zero-order valence-corrected chi connectivity index (χ0v) is 11.9. The molecule has 0 saturated carbocycles. The van der Waals surface area contributed by atoms with Crippen molar-refractivity contribution in [3.05, 3.63) is 46.6 Å². The first-order valence-electron chi connectivity index (χ1n) is 5.38. The third-order valence-corrected chi connectivity index (χ3v) is 2.13. The van der Waals surface area contributed by atoms with Gasteiger partial charge in [0.15, 0.2) is 0 Å². The molecule has 0 amide bonds. The first-order valence-corrected chi connectivity index (χ1v) is 6.17. The highest BCUT2D eigenvalue weighted by molar-refractivity contribution is 9.11. The van der Waals surface area contributed by atoms with Gasteiger partial charge in [-0.1, -0.05) is 46.3 Å². The molecule has 88 valence electrons. The van der Waals surface area contributed by atoms with Crippen LogP contribution in [0.25, 0.3) is 0 Å². The minimum Gasteiger partial charge on any atom is -0.264 e. The van der Waals surface area contributed by atoms with Crippen LogP contribution in [-0.2, 0) is 0 Å². The van der Waals surface area contributed by atoms with Crippen LogP contribution in [0.1, 0.15) is 33.6 Å². The van der Waals surface area contributed by atoms with E-state index >= 15 is 0 Å². The molecule has 0 atom stereocenters. The number of allylic oxidation sites excluding steroid dienone is 6. The second-order valence-corrected chi connectivity index (χ2v) is 4.94. The molecule has 0 spiro atoms. The zero-order chi connectivity index (χ0) is 12.4. The highest BCUT2D eigenvalue weighted by Gasteiger charge is 1.92. The van der Waals surface area contributed by atoms with Gasteiger partial charge in [0.25, 0.3) is 0 Å². The Labute approximate surface area is 107 Å². The van der Waals surface area contributed by atoms with Gasteiger partial charge in [0.2, 0.25) is 0 Å². The molecule has 0 saturated heterocycles. The van der Waals surface area contributed by atoms with Crippen LogP contribution in [-0.4, -0.2) is 6.21 Å². The number of hydrogen-bond donors (Lipinski definition) is 0. The molecule has 16 heavy (non-hydrogen) atoms. The fourth-order valence-corrected chi connectivity index (χ4v) is 1.13. The molecule has 0 aliphatic rings. The van der Waals surface area contributed by atoms with Crippen LogP contribution < -0.4 is 0 Å². The molecule has 1 nitrogen and oxygen atoms in total. The smallest absolute Gasteiger partial charge is 0.0366 e. The fraction of sp³-hybridized carbons (Fsp3) is 0.357. The minimum atomic E-state index is 0.957. The Balaban J connectivity index is 3.99. The molecule has 0 aromatic rings. The second-order valence-electron chi connectivity index (χ2n) is 3.69. The molecule has 0 N–H and O–H groups in total. The molecule has 0 fully saturated rings. The van der Waals surface area contributed by atoms with Crippen molar-refractivity contribution in [2.24, 2.45) is 4.99 Å². The molecule has 0 radical (unpaired) electrons. The Hall–Kier alpha value is -0.890. The van der Waals surface area contributed by atoms with Crippen LogP contribution in [0.15, 0.2) is 51.6 Å². The van der Waals surface area contributed by atoms with Crippen LogP contribution >= 0.6 is 15.9 Å². The summed E-state index contributed by atoms with van der Waals surface area (Å²) in [5.41, 5.74) is 2.41. The van der Waals surface area contributed by atoms with Crippen molar-refractivity contribution in [1.82, 2.24) is 0 Å². The Morgan fingerprint density at radius 3 is 2.56 bits per heavy atom. The first kappa shape index (κ1) is 15.1. The van der Waals surface area contributed by atoms with Gasteiger partial charge in [-0.25, -0.2) is 0 Å². The van der Waals surface area contributed by atoms with E-state index in [1.807, 2.05) is 26.1 Å². The maximum Gasteiger partial charge on any atom is 0.0366 e. The molecule has 0 aromatic carbocycles. The molecule has 0 unspecified atom stereocenters. The summed E-state index contributed by atoms with van der Waals surface area (Å²) in [6.45, 7) is 10.1. The SMILES string of the molecule is C=C(/C=N\C=C(/C)Br)CC/C(C)=C/C=C\C. The first-order chi connectivity index (χ1) is 7.56. The van der Waals surface area contributed by atoms with Gasteiger partial charge in [0, 0.05) is 16.9 Å². The quantitative estimate of drug-likeness (QED) is 0.470. The second kappa shape index (κ2) is 9.34. The summed E-state index contributed by atoms with van der Waals surface area (Å²) in [7, 11) is 0. The fourth-order valence-electron chi connectivity index (χ4n) is 1.01. The van der Waals surface area contributed by atoms with Crippen LogP contribution in [0.3, 0.4) is 0 Å². The molecule has 2 heteroatoms. The molecule has 0 bridgehead atoms. The summed E-state index contributed by atoms with van der Waals surface area (Å²) in [5, 5.41) is 0. The van der Waals surface area contributed by atoms with Gasteiger partial charge in [0.05, 0.1) is 0 Å². The lowest BCUT2D eigenvalue weighted by Gasteiger charge is -1.99. The molecular weight excluding hydrogens is 262 g/mol. The van der Waals surface area contributed by atoms with Crippen molar-refractivity contribution in [2.45, 2.75) is 33.6 Å². The van der Waals surface area contributed by atoms with Gasteiger partial charge < -0.3 is 0 Å². The predicted octanol–water partition coefficient (Wildman–Crippen LogP) is 5.17. The third-order valence-electron chi connectivity index (χ3n) is 1.92. The lowest BCUT2D eigenvalue weighted by atomic mass is 10.1. The van der Waals surface area contributed by atoms with Gasteiger partial charge >= 0.3 is 0 Å². The predicted molar refractivity (Wildman–Crippen MR) is 78.1 cm³/mol. The molecular formula is C14H20BrN. The van der Waals surface area contributed by atoms with E-state index in [4.69, 9.17) is 0 Å². The monoisotopic (exact) mass is 281 g/mol. The lowest BCUT2D eigenvalue weighted by Crippen LogP contribution is -1.84. The normalized spacial score (nSPS) is 14.0. The highest BCUT2D eigenvalue weighted by Crippen LogP contribution is 2.09. The molecule has 0 aliphatic carbocycles. The van der Waals surface area contributed by atoms with Crippen LogP contribution in [0.5, 0.6) is 0 Å². The van der Waals surface area contributed by atoms with E-state index in [0.717, 1.165) is 22.9 Å². The Bertz CT molecular complexity index is 329. The molecule has 0 aliphatic heterocycles. The van der Waals surface area contributed by atoms with Crippen molar-refractivity contribution in [1.29, 1.82) is 0 Å². The average molecular weight is 282 g/mol. The summed E-state index contributed by atoms with van der Waals surface area (Å²) in [6.07, 6.45) is 11.8. The number of rotatable bonds is 6. The molecule has 0 heterocycles.